The highest BCUT2D eigenvalue weighted by molar-refractivity contribution is 5.69. The highest BCUT2D eigenvalue weighted by Gasteiger charge is 2.48. The highest BCUT2D eigenvalue weighted by Crippen LogP contribution is 2.60. The number of fused-ring (bicyclic) bond motifs is 6. The predicted molar refractivity (Wildman–Crippen MR) is 164 cm³/mol. The molecule has 4 heteroatoms. The lowest BCUT2D eigenvalue weighted by atomic mass is 9.51. The molecule has 0 radical (unpaired) electrons. The number of esters is 1. The van der Waals surface area contributed by atoms with Gasteiger partial charge in [-0.3, -0.25) is 4.79 Å². The molecule has 0 aliphatic heterocycles. The lowest BCUT2D eigenvalue weighted by Crippen LogP contribution is -2.43. The fourth-order valence-corrected chi connectivity index (χ4v) is 9.17. The Morgan fingerprint density at radius 2 is 1.30 bits per heavy atom. The quantitative estimate of drug-likeness (QED) is 0.0970. The van der Waals surface area contributed by atoms with Crippen LogP contribution in [0.15, 0.2) is 0 Å². The highest BCUT2D eigenvalue weighted by atomic mass is 16.6. The normalized spacial score (nSPS) is 32.9. The van der Waals surface area contributed by atoms with Crippen molar-refractivity contribution in [3.63, 3.8) is 0 Å². The molecular weight excluding hydrogens is 496 g/mol. The Balaban J connectivity index is 1.03. The van der Waals surface area contributed by atoms with E-state index in [4.69, 9.17) is 9.47 Å². The van der Waals surface area contributed by atoms with E-state index in [-0.39, 0.29) is 5.97 Å². The average Bonchev–Trinajstić information content (AvgIpc) is 2.94. The maximum absolute atomic E-state index is 12.4. The number of rotatable bonds is 19. The van der Waals surface area contributed by atoms with Crippen molar-refractivity contribution in [3.05, 3.63) is 0 Å². The largest absolute Gasteiger partial charge is 0.466 e. The summed E-state index contributed by atoms with van der Waals surface area (Å²) in [6.07, 6.45) is 27.7. The summed E-state index contributed by atoms with van der Waals surface area (Å²) >= 11 is 0. The van der Waals surface area contributed by atoms with E-state index in [1.807, 2.05) is 0 Å². The number of hydrogen-bond donors (Lipinski definition) is 1. The molecule has 1 N–H and O–H groups in total. The van der Waals surface area contributed by atoms with Crippen molar-refractivity contribution in [1.82, 2.24) is 0 Å². The summed E-state index contributed by atoms with van der Waals surface area (Å²) in [7, 11) is 0. The zero-order chi connectivity index (χ0) is 28.5. The van der Waals surface area contributed by atoms with Crippen LogP contribution >= 0.6 is 0 Å². The first-order valence-corrected chi connectivity index (χ1v) is 17.7. The molecule has 6 fully saturated rings. The monoisotopic (exact) mass is 560 g/mol. The van der Waals surface area contributed by atoms with Crippen LogP contribution in [0.4, 0.5) is 0 Å². The third kappa shape index (κ3) is 9.72. The van der Waals surface area contributed by atoms with E-state index in [1.54, 1.807) is 0 Å². The van der Waals surface area contributed by atoms with E-state index >= 15 is 0 Å². The molecule has 0 saturated heterocycles. The lowest BCUT2D eigenvalue weighted by Gasteiger charge is -2.54. The molecule has 232 valence electrons. The maximum Gasteiger partial charge on any atom is 0.305 e. The Hall–Kier alpha value is -0.610. The lowest BCUT2D eigenvalue weighted by molar-refractivity contribution is -0.145. The van der Waals surface area contributed by atoms with Gasteiger partial charge in [-0.1, -0.05) is 46.5 Å². The number of unbranched alkanes of at least 4 members (excludes halogenated alkanes) is 2. The van der Waals surface area contributed by atoms with Gasteiger partial charge in [0.2, 0.25) is 0 Å². The Kier molecular flexibility index (Phi) is 12.3. The molecule has 6 aliphatic carbocycles. The molecule has 0 aromatic carbocycles. The first-order chi connectivity index (χ1) is 19.2. The molecule has 4 bridgehead atoms. The number of aliphatic hydroxyl groups is 1. The van der Waals surface area contributed by atoms with E-state index < -0.39 is 6.29 Å². The van der Waals surface area contributed by atoms with Gasteiger partial charge in [-0.05, 0) is 150 Å². The van der Waals surface area contributed by atoms with Gasteiger partial charge in [0.05, 0.1) is 13.2 Å². The van der Waals surface area contributed by atoms with Crippen molar-refractivity contribution >= 4 is 5.97 Å². The number of aliphatic hydroxyl groups excluding tert-OH is 1. The van der Waals surface area contributed by atoms with Gasteiger partial charge in [0, 0.05) is 6.42 Å². The minimum atomic E-state index is -0.577. The van der Waals surface area contributed by atoms with Gasteiger partial charge in [0.1, 0.15) is 0 Å². The van der Waals surface area contributed by atoms with Crippen LogP contribution in [0.3, 0.4) is 0 Å². The molecular formula is C36H64O4. The Labute approximate surface area is 247 Å². The van der Waals surface area contributed by atoms with Gasteiger partial charge in [0.15, 0.2) is 6.29 Å². The van der Waals surface area contributed by atoms with Crippen LogP contribution < -0.4 is 0 Å². The van der Waals surface area contributed by atoms with Crippen molar-refractivity contribution in [3.8, 4) is 0 Å². The van der Waals surface area contributed by atoms with Gasteiger partial charge < -0.3 is 14.6 Å². The molecule has 4 nitrogen and oxygen atoms in total. The molecule has 6 aliphatic rings. The van der Waals surface area contributed by atoms with Crippen LogP contribution in [-0.2, 0) is 14.3 Å². The summed E-state index contributed by atoms with van der Waals surface area (Å²) < 4.78 is 11.6. The Morgan fingerprint density at radius 1 is 0.725 bits per heavy atom. The third-order valence-corrected chi connectivity index (χ3v) is 12.2. The SMILES string of the molecule is CC(C)CCCCCC(O)OCCC12CCC(CC(C)CCCC(=O)OCCC34CCC(CC3)CC4)(CC1)CC2. The first kappa shape index (κ1) is 32.3. The van der Waals surface area contributed by atoms with E-state index in [1.165, 1.54) is 103 Å². The van der Waals surface area contributed by atoms with Crippen molar-refractivity contribution < 1.29 is 19.4 Å². The molecule has 0 amide bonds. The van der Waals surface area contributed by atoms with Crippen molar-refractivity contribution in [2.75, 3.05) is 13.2 Å². The average molecular weight is 561 g/mol. The minimum absolute atomic E-state index is 0.0323. The second-order valence-electron chi connectivity index (χ2n) is 15.8. The van der Waals surface area contributed by atoms with Crippen molar-refractivity contribution in [1.29, 1.82) is 0 Å². The van der Waals surface area contributed by atoms with Gasteiger partial charge in [-0.2, -0.15) is 0 Å². The zero-order valence-electron chi connectivity index (χ0n) is 26.7. The zero-order valence-corrected chi connectivity index (χ0v) is 26.7. The van der Waals surface area contributed by atoms with Crippen LogP contribution in [0.2, 0.25) is 0 Å². The fraction of sp³-hybridized carbons (Fsp3) is 0.972. The summed E-state index contributed by atoms with van der Waals surface area (Å²) in [5, 5.41) is 10.3. The summed E-state index contributed by atoms with van der Waals surface area (Å²) in [5.41, 5.74) is 1.50. The second kappa shape index (κ2) is 15.2. The van der Waals surface area contributed by atoms with Gasteiger partial charge >= 0.3 is 5.97 Å². The van der Waals surface area contributed by atoms with Crippen LogP contribution in [-0.4, -0.2) is 30.6 Å². The summed E-state index contributed by atoms with van der Waals surface area (Å²) in [5.74, 6) is 2.49. The molecule has 0 aromatic heterocycles. The predicted octanol–water partition coefficient (Wildman–Crippen LogP) is 9.76. The minimum Gasteiger partial charge on any atom is -0.466 e. The molecule has 0 aromatic rings. The third-order valence-electron chi connectivity index (χ3n) is 12.2. The fourth-order valence-electron chi connectivity index (χ4n) is 9.17. The topological polar surface area (TPSA) is 55.8 Å². The number of carbonyl (C=O) groups is 1. The van der Waals surface area contributed by atoms with Crippen LogP contribution in [0.5, 0.6) is 0 Å². The van der Waals surface area contributed by atoms with Crippen molar-refractivity contribution in [2.24, 2.45) is 34.0 Å². The smallest absolute Gasteiger partial charge is 0.305 e. The molecule has 2 unspecified atom stereocenters. The Bertz CT molecular complexity index is 714. The number of ether oxygens (including phenoxy) is 2. The van der Waals surface area contributed by atoms with Crippen LogP contribution in [0.1, 0.15) is 168 Å². The number of carbonyl (C=O) groups excluding carboxylic acids is 1. The molecule has 6 rings (SSSR count). The van der Waals surface area contributed by atoms with Gasteiger partial charge in [-0.15, -0.1) is 0 Å². The number of hydrogen-bond acceptors (Lipinski definition) is 4. The standard InChI is InChI=1S/C36H64O4/c1-29(2)8-5-4-6-10-32(37)39-27-25-35-18-21-36(22-19-35,23-20-35)28-30(3)9-7-11-33(38)40-26-24-34-15-12-31(13-16-34)14-17-34/h29-32,37H,4-28H2,1-3H3. The molecule has 40 heavy (non-hydrogen) atoms. The molecule has 0 heterocycles. The summed E-state index contributed by atoms with van der Waals surface area (Å²) in [6.45, 7) is 8.33. The first-order valence-electron chi connectivity index (χ1n) is 17.7. The maximum atomic E-state index is 12.4. The van der Waals surface area contributed by atoms with E-state index in [0.717, 1.165) is 50.4 Å². The molecule has 0 spiro atoms. The van der Waals surface area contributed by atoms with E-state index in [0.29, 0.717) is 41.8 Å². The van der Waals surface area contributed by atoms with Crippen LogP contribution in [0.25, 0.3) is 0 Å². The second-order valence-corrected chi connectivity index (χ2v) is 15.8. The van der Waals surface area contributed by atoms with Gasteiger partial charge in [-0.25, -0.2) is 0 Å². The summed E-state index contributed by atoms with van der Waals surface area (Å²) in [4.78, 5) is 12.4. The molecule has 6 saturated carbocycles. The van der Waals surface area contributed by atoms with E-state index in [2.05, 4.69) is 20.8 Å². The van der Waals surface area contributed by atoms with E-state index in [9.17, 15) is 9.90 Å². The molecule has 2 atom stereocenters. The summed E-state index contributed by atoms with van der Waals surface area (Å²) in [6, 6.07) is 0. The van der Waals surface area contributed by atoms with Crippen molar-refractivity contribution in [2.45, 2.75) is 175 Å². The Morgan fingerprint density at radius 3 is 1.95 bits per heavy atom. The van der Waals surface area contributed by atoms with Gasteiger partial charge in [0.25, 0.3) is 0 Å². The van der Waals surface area contributed by atoms with Crippen LogP contribution in [0, 0.1) is 34.0 Å².